The first-order valence-electron chi connectivity index (χ1n) is 4.30. The molecule has 1 nitrogen and oxygen atoms in total. The Labute approximate surface area is 75.7 Å². The Morgan fingerprint density at radius 1 is 1.18 bits per heavy atom. The molecule has 0 aromatic heterocycles. The number of alkyl halides is 1. The van der Waals surface area contributed by atoms with Crippen LogP contribution in [0.5, 0.6) is 0 Å². The monoisotopic (exact) mass is 177 g/mol. The lowest BCUT2D eigenvalue weighted by molar-refractivity contribution is 0.266. The van der Waals surface area contributed by atoms with Gasteiger partial charge in [0.2, 0.25) is 0 Å². The highest BCUT2D eigenvalue weighted by atomic mass is 35.5. The molecule has 0 aromatic carbocycles. The van der Waals surface area contributed by atoms with Crippen LogP contribution in [0.25, 0.3) is 0 Å². The van der Waals surface area contributed by atoms with Crippen LogP contribution in [0.3, 0.4) is 0 Å². The zero-order chi connectivity index (χ0) is 8.85. The molecule has 0 heterocycles. The van der Waals surface area contributed by atoms with Crippen LogP contribution < -0.4 is 0 Å². The molecule has 2 heteroatoms. The van der Waals surface area contributed by atoms with Crippen molar-refractivity contribution in [2.24, 2.45) is 11.8 Å². The van der Waals surface area contributed by atoms with Crippen molar-refractivity contribution in [3.8, 4) is 0 Å². The summed E-state index contributed by atoms with van der Waals surface area (Å²) < 4.78 is 0. The second-order valence-electron chi connectivity index (χ2n) is 3.87. The predicted octanol–water partition coefficient (Wildman–Crippen LogP) is 2.45. The van der Waals surface area contributed by atoms with E-state index in [9.17, 15) is 0 Å². The van der Waals surface area contributed by atoms with Gasteiger partial charge < -0.3 is 4.90 Å². The second kappa shape index (κ2) is 5.84. The zero-order valence-electron chi connectivity index (χ0n) is 8.10. The highest BCUT2D eigenvalue weighted by Gasteiger charge is 2.05. The second-order valence-corrected chi connectivity index (χ2v) is 4.18. The van der Waals surface area contributed by atoms with Crippen molar-refractivity contribution in [3.63, 3.8) is 0 Å². The van der Waals surface area contributed by atoms with Crippen LogP contribution in [0.2, 0.25) is 0 Å². The normalized spacial score (nSPS) is 14.5. The summed E-state index contributed by atoms with van der Waals surface area (Å²) in [5, 5.41) is 0. The highest BCUT2D eigenvalue weighted by molar-refractivity contribution is 6.18. The van der Waals surface area contributed by atoms with Crippen molar-refractivity contribution in [2.45, 2.75) is 20.8 Å². The van der Waals surface area contributed by atoms with Crippen molar-refractivity contribution < 1.29 is 0 Å². The van der Waals surface area contributed by atoms with Gasteiger partial charge in [-0.2, -0.15) is 0 Å². The molecule has 0 radical (unpaired) electrons. The van der Waals surface area contributed by atoms with Gasteiger partial charge in [-0.05, 0) is 18.9 Å². The molecule has 1 atom stereocenters. The van der Waals surface area contributed by atoms with Crippen molar-refractivity contribution in [2.75, 3.05) is 26.0 Å². The summed E-state index contributed by atoms with van der Waals surface area (Å²) in [5.41, 5.74) is 0. The largest absolute Gasteiger partial charge is 0.306 e. The lowest BCUT2D eigenvalue weighted by Gasteiger charge is -2.21. The Morgan fingerprint density at radius 2 is 1.73 bits per heavy atom. The Kier molecular flexibility index (Phi) is 5.98. The molecule has 0 fully saturated rings. The number of rotatable bonds is 5. The summed E-state index contributed by atoms with van der Waals surface area (Å²) in [5.74, 6) is 2.13. The highest BCUT2D eigenvalue weighted by Crippen LogP contribution is 2.02. The van der Waals surface area contributed by atoms with Crippen LogP contribution in [-0.4, -0.2) is 30.9 Å². The average Bonchev–Trinajstić information content (AvgIpc) is 1.85. The molecule has 1 unspecified atom stereocenters. The summed E-state index contributed by atoms with van der Waals surface area (Å²) in [7, 11) is 2.16. The van der Waals surface area contributed by atoms with Gasteiger partial charge in [-0.1, -0.05) is 20.8 Å². The maximum atomic E-state index is 5.71. The molecule has 0 N–H and O–H groups in total. The van der Waals surface area contributed by atoms with Gasteiger partial charge in [-0.25, -0.2) is 0 Å². The van der Waals surface area contributed by atoms with E-state index in [1.54, 1.807) is 0 Å². The third-order valence-electron chi connectivity index (χ3n) is 1.56. The number of hydrogen-bond acceptors (Lipinski definition) is 1. The van der Waals surface area contributed by atoms with Crippen molar-refractivity contribution in [1.29, 1.82) is 0 Å². The summed E-state index contributed by atoms with van der Waals surface area (Å²) in [4.78, 5) is 2.34. The van der Waals surface area contributed by atoms with Gasteiger partial charge in [0.15, 0.2) is 0 Å². The van der Waals surface area contributed by atoms with E-state index < -0.39 is 0 Å². The Hall–Kier alpha value is 0.250. The fourth-order valence-corrected chi connectivity index (χ4v) is 1.38. The van der Waals surface area contributed by atoms with E-state index in [2.05, 4.69) is 32.7 Å². The van der Waals surface area contributed by atoms with Gasteiger partial charge in [0.25, 0.3) is 0 Å². The zero-order valence-corrected chi connectivity index (χ0v) is 8.86. The Balaban J connectivity index is 3.43. The van der Waals surface area contributed by atoms with Gasteiger partial charge in [-0.15, -0.1) is 11.6 Å². The summed E-state index contributed by atoms with van der Waals surface area (Å²) in [6.45, 7) is 8.94. The lowest BCUT2D eigenvalue weighted by Crippen LogP contribution is -2.28. The van der Waals surface area contributed by atoms with Crippen LogP contribution >= 0.6 is 11.6 Å². The van der Waals surface area contributed by atoms with Crippen LogP contribution in [0, 0.1) is 11.8 Å². The van der Waals surface area contributed by atoms with E-state index in [-0.39, 0.29) is 0 Å². The van der Waals surface area contributed by atoms with E-state index in [4.69, 9.17) is 11.6 Å². The molecular weight excluding hydrogens is 158 g/mol. The molecule has 0 amide bonds. The first kappa shape index (κ1) is 11.2. The molecule has 0 aliphatic rings. The van der Waals surface area contributed by atoms with Crippen molar-refractivity contribution in [3.05, 3.63) is 0 Å². The summed E-state index contributed by atoms with van der Waals surface area (Å²) in [6, 6.07) is 0. The molecule has 0 rings (SSSR count). The van der Waals surface area contributed by atoms with Crippen molar-refractivity contribution >= 4 is 11.6 Å². The van der Waals surface area contributed by atoms with Gasteiger partial charge in [0.05, 0.1) is 0 Å². The predicted molar refractivity (Wildman–Crippen MR) is 52.2 cm³/mol. The molecule has 0 spiro atoms. The van der Waals surface area contributed by atoms with E-state index in [1.165, 1.54) is 6.54 Å². The molecular formula is C9H20ClN. The lowest BCUT2D eigenvalue weighted by atomic mass is 10.1. The first-order chi connectivity index (χ1) is 5.06. The van der Waals surface area contributed by atoms with E-state index >= 15 is 0 Å². The van der Waals surface area contributed by atoms with E-state index in [0.29, 0.717) is 5.92 Å². The molecule has 68 valence electrons. The maximum Gasteiger partial charge on any atom is 0.0261 e. The summed E-state index contributed by atoms with van der Waals surface area (Å²) in [6.07, 6.45) is 0. The maximum absolute atomic E-state index is 5.71. The summed E-state index contributed by atoms with van der Waals surface area (Å²) >= 11 is 5.71. The van der Waals surface area contributed by atoms with Crippen LogP contribution in [0.1, 0.15) is 20.8 Å². The minimum atomic E-state index is 0.611. The molecule has 0 saturated carbocycles. The van der Waals surface area contributed by atoms with Gasteiger partial charge in [0, 0.05) is 19.0 Å². The van der Waals surface area contributed by atoms with Crippen LogP contribution in [-0.2, 0) is 0 Å². The standard InChI is InChI=1S/C9H20ClN/c1-8(2)6-11(4)7-9(3)5-10/h8-9H,5-7H2,1-4H3. The minimum absolute atomic E-state index is 0.611. The first-order valence-corrected chi connectivity index (χ1v) is 4.84. The Morgan fingerprint density at radius 3 is 2.09 bits per heavy atom. The van der Waals surface area contributed by atoms with Crippen LogP contribution in [0.4, 0.5) is 0 Å². The SMILES string of the molecule is CC(C)CN(C)CC(C)CCl. The van der Waals surface area contributed by atoms with Crippen molar-refractivity contribution in [1.82, 2.24) is 4.90 Å². The topological polar surface area (TPSA) is 3.24 Å². The molecule has 0 aliphatic carbocycles. The third kappa shape index (κ3) is 6.64. The average molecular weight is 178 g/mol. The fourth-order valence-electron chi connectivity index (χ4n) is 1.28. The molecule has 0 aromatic rings. The molecule has 11 heavy (non-hydrogen) atoms. The minimum Gasteiger partial charge on any atom is -0.306 e. The van der Waals surface area contributed by atoms with Gasteiger partial charge in [0.1, 0.15) is 0 Å². The van der Waals surface area contributed by atoms with E-state index in [1.807, 2.05) is 0 Å². The Bertz CT molecular complexity index is 93.6. The van der Waals surface area contributed by atoms with E-state index in [0.717, 1.165) is 18.3 Å². The van der Waals surface area contributed by atoms with Gasteiger partial charge >= 0.3 is 0 Å². The third-order valence-corrected chi connectivity index (χ3v) is 2.09. The molecule has 0 saturated heterocycles. The number of nitrogens with zero attached hydrogens (tertiary/aromatic N) is 1. The fraction of sp³-hybridized carbons (Fsp3) is 1.00. The quantitative estimate of drug-likeness (QED) is 0.584. The molecule has 0 bridgehead atoms. The smallest absolute Gasteiger partial charge is 0.0261 e. The van der Waals surface area contributed by atoms with Gasteiger partial charge in [-0.3, -0.25) is 0 Å². The number of hydrogen-bond donors (Lipinski definition) is 0. The molecule has 0 aliphatic heterocycles. The van der Waals surface area contributed by atoms with Crippen LogP contribution in [0.15, 0.2) is 0 Å². The number of halogens is 1.